The Balaban J connectivity index is 1.75. The molecule has 2 aromatic carbocycles. The number of rotatable bonds is 9. The third kappa shape index (κ3) is 9.62. The number of nitrogens with zero attached hydrogens (tertiary/aromatic N) is 1. The van der Waals surface area contributed by atoms with Gasteiger partial charge in [-0.2, -0.15) is 0 Å². The van der Waals surface area contributed by atoms with Gasteiger partial charge in [-0.25, -0.2) is 0 Å². The molecule has 0 saturated heterocycles. The molecule has 1 heterocycles. The highest BCUT2D eigenvalue weighted by molar-refractivity contribution is 5.99. The molecule has 0 unspecified atom stereocenters. The molecular formula is C32H44N4O7. The lowest BCUT2D eigenvalue weighted by molar-refractivity contribution is -0.136. The Morgan fingerprint density at radius 3 is 2.51 bits per heavy atom. The molecule has 4 amide bonds. The average molecular weight is 597 g/mol. The molecular weight excluding hydrogens is 552 g/mol. The fourth-order valence-electron chi connectivity index (χ4n) is 4.76. The van der Waals surface area contributed by atoms with Gasteiger partial charge in [-0.05, 0) is 61.9 Å². The summed E-state index contributed by atoms with van der Waals surface area (Å²) in [6.07, 6.45) is 1.39. The van der Waals surface area contributed by atoms with Crippen LogP contribution in [0.4, 0.5) is 0 Å². The third-order valence-corrected chi connectivity index (χ3v) is 7.43. The van der Waals surface area contributed by atoms with Gasteiger partial charge >= 0.3 is 0 Å². The van der Waals surface area contributed by atoms with E-state index in [0.717, 1.165) is 5.56 Å². The summed E-state index contributed by atoms with van der Waals surface area (Å²) in [5.41, 5.74) is 1.29. The Labute approximate surface area is 253 Å². The van der Waals surface area contributed by atoms with Crippen LogP contribution in [0, 0.1) is 5.92 Å². The molecule has 0 fully saturated rings. The van der Waals surface area contributed by atoms with Crippen molar-refractivity contribution in [3.63, 3.8) is 0 Å². The summed E-state index contributed by atoms with van der Waals surface area (Å²) in [7, 11) is 3.16. The lowest BCUT2D eigenvalue weighted by atomic mass is 10.1. The minimum absolute atomic E-state index is 0.0170. The molecule has 0 aromatic heterocycles. The van der Waals surface area contributed by atoms with Crippen LogP contribution in [0.3, 0.4) is 0 Å². The number of nitrogens with one attached hydrogen (secondary N) is 3. The van der Waals surface area contributed by atoms with E-state index in [1.165, 1.54) is 4.90 Å². The van der Waals surface area contributed by atoms with Gasteiger partial charge in [0, 0.05) is 19.5 Å². The zero-order chi connectivity index (χ0) is 31.4. The molecule has 2 aromatic rings. The number of methoxy groups -OCH3 is 2. The minimum atomic E-state index is -0.966. The van der Waals surface area contributed by atoms with Gasteiger partial charge in [-0.15, -0.1) is 0 Å². The van der Waals surface area contributed by atoms with Gasteiger partial charge in [0.2, 0.25) is 17.7 Å². The van der Waals surface area contributed by atoms with Crippen LogP contribution in [0.15, 0.2) is 42.5 Å². The molecule has 234 valence electrons. The summed E-state index contributed by atoms with van der Waals surface area (Å²) in [6, 6.07) is 11.1. The lowest BCUT2D eigenvalue weighted by Crippen LogP contribution is -2.48. The van der Waals surface area contributed by atoms with E-state index in [2.05, 4.69) is 16.0 Å². The average Bonchev–Trinajstić information content (AvgIpc) is 3.01. The maximum Gasteiger partial charge on any atom is 0.255 e. The van der Waals surface area contributed by atoms with Crippen LogP contribution in [0.1, 0.15) is 56.0 Å². The molecule has 0 radical (unpaired) electrons. The van der Waals surface area contributed by atoms with E-state index in [0.29, 0.717) is 43.2 Å². The monoisotopic (exact) mass is 596 g/mol. The number of carbonyl (C=O) groups is 4. The Bertz CT molecular complexity index is 1270. The molecule has 2 atom stereocenters. The number of ether oxygens (including phenoxy) is 3. The molecule has 3 N–H and O–H groups in total. The fraction of sp³-hybridized carbons (Fsp3) is 0.500. The predicted octanol–water partition coefficient (Wildman–Crippen LogP) is 2.71. The van der Waals surface area contributed by atoms with Crippen LogP contribution in [0.25, 0.3) is 0 Å². The maximum absolute atomic E-state index is 13.4. The molecule has 11 heteroatoms. The van der Waals surface area contributed by atoms with Crippen LogP contribution in [0.2, 0.25) is 0 Å². The van der Waals surface area contributed by atoms with Gasteiger partial charge in [0.05, 0.1) is 32.4 Å². The number of benzene rings is 2. The van der Waals surface area contributed by atoms with Gasteiger partial charge in [-0.3, -0.25) is 19.2 Å². The number of likely N-dealkylation sites (N-methyl/N-ethyl adjacent to an activating group) is 1. The SMILES string of the molecule is CCN1CC(=O)N[C@@H](C(C)C)COc2ccccc2C(=O)N[C@H](C(=O)NCCCc2ccc(OC)c(OC)c2)CCC1=O. The molecule has 3 rings (SSSR count). The zero-order valence-corrected chi connectivity index (χ0v) is 25.7. The Kier molecular flexibility index (Phi) is 12.7. The van der Waals surface area contributed by atoms with E-state index >= 15 is 0 Å². The molecule has 0 saturated carbocycles. The van der Waals surface area contributed by atoms with Gasteiger partial charge in [0.1, 0.15) is 18.4 Å². The van der Waals surface area contributed by atoms with Crippen molar-refractivity contribution in [1.82, 2.24) is 20.9 Å². The van der Waals surface area contributed by atoms with Gasteiger partial charge in [0.15, 0.2) is 11.5 Å². The summed E-state index contributed by atoms with van der Waals surface area (Å²) in [6.45, 7) is 6.45. The van der Waals surface area contributed by atoms with Crippen LogP contribution >= 0.6 is 0 Å². The number of fused-ring (bicyclic) bond motifs is 1. The van der Waals surface area contributed by atoms with E-state index < -0.39 is 17.9 Å². The van der Waals surface area contributed by atoms with Crippen LogP contribution in [-0.2, 0) is 20.8 Å². The molecule has 0 bridgehead atoms. The first-order chi connectivity index (χ1) is 20.7. The van der Waals surface area contributed by atoms with E-state index in [4.69, 9.17) is 14.2 Å². The first-order valence-electron chi connectivity index (χ1n) is 14.7. The summed E-state index contributed by atoms with van der Waals surface area (Å²) in [5.74, 6) is 0.223. The second kappa shape index (κ2) is 16.4. The Hall–Kier alpha value is -4.28. The second-order valence-electron chi connectivity index (χ2n) is 10.8. The van der Waals surface area contributed by atoms with Crippen molar-refractivity contribution in [3.8, 4) is 17.2 Å². The topological polar surface area (TPSA) is 135 Å². The molecule has 43 heavy (non-hydrogen) atoms. The maximum atomic E-state index is 13.4. The smallest absolute Gasteiger partial charge is 0.255 e. The first-order valence-corrected chi connectivity index (χ1v) is 14.7. The number of hydrogen-bond acceptors (Lipinski definition) is 7. The molecule has 0 aliphatic carbocycles. The molecule has 1 aliphatic rings. The summed E-state index contributed by atoms with van der Waals surface area (Å²) >= 11 is 0. The summed E-state index contributed by atoms with van der Waals surface area (Å²) < 4.78 is 16.7. The highest BCUT2D eigenvalue weighted by Gasteiger charge is 2.27. The highest BCUT2D eigenvalue weighted by atomic mass is 16.5. The van der Waals surface area contributed by atoms with E-state index in [1.54, 1.807) is 45.4 Å². The van der Waals surface area contributed by atoms with Crippen molar-refractivity contribution in [2.24, 2.45) is 5.92 Å². The number of carbonyl (C=O) groups excluding carboxylic acids is 4. The minimum Gasteiger partial charge on any atom is -0.493 e. The quantitative estimate of drug-likeness (QED) is 0.379. The van der Waals surface area contributed by atoms with Crippen molar-refractivity contribution in [3.05, 3.63) is 53.6 Å². The van der Waals surface area contributed by atoms with Crippen LogP contribution in [-0.4, -0.2) is 81.1 Å². The van der Waals surface area contributed by atoms with Crippen LogP contribution < -0.4 is 30.2 Å². The number of amides is 4. The second-order valence-corrected chi connectivity index (χ2v) is 10.8. The number of para-hydroxylation sites is 1. The lowest BCUT2D eigenvalue weighted by Gasteiger charge is -2.25. The predicted molar refractivity (Wildman–Crippen MR) is 162 cm³/mol. The van der Waals surface area contributed by atoms with E-state index in [-0.39, 0.29) is 55.3 Å². The van der Waals surface area contributed by atoms with Crippen molar-refractivity contribution in [2.75, 3.05) is 40.5 Å². The van der Waals surface area contributed by atoms with E-state index in [1.807, 2.05) is 32.0 Å². The van der Waals surface area contributed by atoms with Crippen molar-refractivity contribution < 1.29 is 33.4 Å². The van der Waals surface area contributed by atoms with Gasteiger partial charge in [0.25, 0.3) is 5.91 Å². The molecule has 0 spiro atoms. The fourth-order valence-corrected chi connectivity index (χ4v) is 4.76. The number of hydrogen-bond donors (Lipinski definition) is 3. The largest absolute Gasteiger partial charge is 0.493 e. The van der Waals surface area contributed by atoms with Crippen molar-refractivity contribution in [1.29, 1.82) is 0 Å². The standard InChI is InChI=1S/C32H44N4O7/c1-6-36-19-29(37)34-25(21(2)3)20-43-26-12-8-7-11-23(26)31(39)35-24(14-16-30(36)38)32(40)33-17-9-10-22-13-15-27(41-4)28(18-22)42-5/h7-8,11-13,15,18,21,24-25H,6,9-10,14,16-17,19-20H2,1-5H3,(H,33,40)(H,34,37)(H,35,39)/t24-,25+/m0/s1. The first kappa shape index (κ1) is 33.2. The normalized spacial score (nSPS) is 18.4. The molecule has 11 nitrogen and oxygen atoms in total. The third-order valence-electron chi connectivity index (χ3n) is 7.43. The van der Waals surface area contributed by atoms with E-state index in [9.17, 15) is 19.2 Å². The Morgan fingerprint density at radius 1 is 1.07 bits per heavy atom. The Morgan fingerprint density at radius 2 is 1.81 bits per heavy atom. The van der Waals surface area contributed by atoms with Gasteiger partial charge in [-0.1, -0.05) is 32.0 Å². The summed E-state index contributed by atoms with van der Waals surface area (Å²) in [4.78, 5) is 54.0. The molecule has 1 aliphatic heterocycles. The van der Waals surface area contributed by atoms with Crippen LogP contribution in [0.5, 0.6) is 17.2 Å². The van der Waals surface area contributed by atoms with Crippen molar-refractivity contribution >= 4 is 23.6 Å². The zero-order valence-electron chi connectivity index (χ0n) is 25.7. The van der Waals surface area contributed by atoms with Gasteiger partial charge < -0.3 is 35.1 Å². The summed E-state index contributed by atoms with van der Waals surface area (Å²) in [5, 5.41) is 8.67. The number of aryl methyl sites for hydroxylation is 1. The highest BCUT2D eigenvalue weighted by Crippen LogP contribution is 2.28. The van der Waals surface area contributed by atoms with Crippen molar-refractivity contribution in [2.45, 2.75) is 58.5 Å².